The minimum Gasteiger partial charge on any atom is -0.239 e. The fourth-order valence-corrected chi connectivity index (χ4v) is 7.62. The second kappa shape index (κ2) is 10.1. The van der Waals surface area contributed by atoms with Crippen LogP contribution in [-0.4, -0.2) is 9.61 Å². The Morgan fingerprint density at radius 1 is 0.362 bits per heavy atom. The van der Waals surface area contributed by atoms with Crippen LogP contribution in [0.2, 0.25) is 0 Å². The summed E-state index contributed by atoms with van der Waals surface area (Å²) in [7, 11) is 0. The van der Waals surface area contributed by atoms with E-state index < -0.39 is 0 Å². The first-order valence-corrected chi connectivity index (χ1v) is 16.1. The average molecular weight is 597 g/mol. The first kappa shape index (κ1) is 26.0. The lowest BCUT2D eigenvalue weighted by Crippen LogP contribution is -1.93. The molecule has 8 aromatic carbocycles. The van der Waals surface area contributed by atoms with Gasteiger partial charge in [-0.25, -0.2) is 4.52 Å². The molecule has 0 saturated heterocycles. The second-order valence-corrected chi connectivity index (χ2v) is 12.4. The van der Waals surface area contributed by atoms with Gasteiger partial charge in [-0.1, -0.05) is 133 Å². The molecule has 10 rings (SSSR count). The molecule has 0 aliphatic heterocycles. The van der Waals surface area contributed by atoms with E-state index in [0.29, 0.717) is 0 Å². The topological polar surface area (TPSA) is 17.3 Å². The maximum Gasteiger partial charge on any atom is 0.0934 e. The van der Waals surface area contributed by atoms with Gasteiger partial charge in [0, 0.05) is 17.1 Å². The summed E-state index contributed by atoms with van der Waals surface area (Å²) in [4.78, 5) is 0. The van der Waals surface area contributed by atoms with Crippen LogP contribution in [0.5, 0.6) is 0 Å². The highest BCUT2D eigenvalue weighted by atomic mass is 15.2. The first-order valence-electron chi connectivity index (χ1n) is 16.1. The molecule has 0 unspecified atom stereocenters. The number of rotatable bonds is 3. The van der Waals surface area contributed by atoms with Gasteiger partial charge in [0.1, 0.15) is 0 Å². The highest BCUT2D eigenvalue weighted by Crippen LogP contribution is 2.46. The molecule has 0 N–H and O–H groups in total. The van der Waals surface area contributed by atoms with Crippen LogP contribution in [0.3, 0.4) is 0 Å². The van der Waals surface area contributed by atoms with Gasteiger partial charge in [0.05, 0.1) is 11.0 Å². The van der Waals surface area contributed by atoms with Crippen molar-refractivity contribution in [2.24, 2.45) is 0 Å². The molecule has 2 heteroatoms. The van der Waals surface area contributed by atoms with Gasteiger partial charge in [-0.2, -0.15) is 5.10 Å². The lowest BCUT2D eigenvalue weighted by molar-refractivity contribution is 0.983. The molecule has 0 radical (unpaired) electrons. The summed E-state index contributed by atoms with van der Waals surface area (Å²) in [6.07, 6.45) is 2.05. The maximum absolute atomic E-state index is 4.89. The lowest BCUT2D eigenvalue weighted by atomic mass is 9.84. The zero-order valence-corrected chi connectivity index (χ0v) is 25.6. The highest BCUT2D eigenvalue weighted by Gasteiger charge is 2.19. The Morgan fingerprint density at radius 3 is 1.57 bits per heavy atom. The Bertz CT molecular complexity index is 2860. The van der Waals surface area contributed by atoms with Crippen molar-refractivity contribution in [3.8, 4) is 33.4 Å². The smallest absolute Gasteiger partial charge is 0.0934 e. The Kier molecular flexibility index (Phi) is 5.61. The van der Waals surface area contributed by atoms with Crippen molar-refractivity contribution >= 4 is 59.5 Å². The monoisotopic (exact) mass is 596 g/mol. The molecule has 218 valence electrons. The minimum absolute atomic E-state index is 1.00. The van der Waals surface area contributed by atoms with Crippen LogP contribution >= 0.6 is 0 Å². The molecule has 0 fully saturated rings. The summed E-state index contributed by atoms with van der Waals surface area (Å²) in [5, 5.41) is 16.0. The molecule has 0 bridgehead atoms. The Balaban J connectivity index is 1.34. The van der Waals surface area contributed by atoms with Gasteiger partial charge in [-0.3, -0.25) is 0 Å². The molecule has 0 saturated carbocycles. The van der Waals surface area contributed by atoms with Crippen molar-refractivity contribution in [3.63, 3.8) is 0 Å². The number of benzene rings is 8. The molecule has 47 heavy (non-hydrogen) atoms. The third kappa shape index (κ3) is 4.02. The van der Waals surface area contributed by atoms with Gasteiger partial charge in [0.15, 0.2) is 0 Å². The average Bonchev–Trinajstić information content (AvgIpc) is 3.52. The van der Waals surface area contributed by atoms with Crippen LogP contribution < -0.4 is 0 Å². The number of pyridine rings is 1. The normalized spacial score (nSPS) is 11.8. The number of aromatic nitrogens is 2. The quantitative estimate of drug-likeness (QED) is 0.185. The van der Waals surface area contributed by atoms with E-state index in [1.807, 2.05) is 10.7 Å². The summed E-state index contributed by atoms with van der Waals surface area (Å²) in [5.41, 5.74) is 9.46. The first-order chi connectivity index (χ1) is 23.3. The van der Waals surface area contributed by atoms with Gasteiger partial charge >= 0.3 is 0 Å². The predicted molar refractivity (Wildman–Crippen MR) is 199 cm³/mol. The van der Waals surface area contributed by atoms with Crippen molar-refractivity contribution in [2.75, 3.05) is 0 Å². The number of hydrogen-bond donors (Lipinski definition) is 0. The van der Waals surface area contributed by atoms with Gasteiger partial charge in [0.2, 0.25) is 0 Å². The van der Waals surface area contributed by atoms with Crippen molar-refractivity contribution in [1.82, 2.24) is 9.61 Å². The van der Waals surface area contributed by atoms with Gasteiger partial charge in [-0.15, -0.1) is 0 Å². The fourth-order valence-electron chi connectivity index (χ4n) is 7.62. The fraction of sp³-hybridized carbons (Fsp3) is 0. The largest absolute Gasteiger partial charge is 0.239 e. The zero-order chi connectivity index (χ0) is 30.9. The van der Waals surface area contributed by atoms with Gasteiger partial charge in [-0.05, 0) is 101 Å². The molecule has 2 nitrogen and oxygen atoms in total. The third-order valence-corrected chi connectivity index (χ3v) is 9.76. The molecule has 0 atom stereocenters. The molecule has 2 aromatic heterocycles. The van der Waals surface area contributed by atoms with E-state index in [4.69, 9.17) is 5.10 Å². The van der Waals surface area contributed by atoms with E-state index in [2.05, 4.69) is 164 Å². The maximum atomic E-state index is 4.89. The van der Waals surface area contributed by atoms with Crippen molar-refractivity contribution in [3.05, 3.63) is 170 Å². The number of nitrogens with zero attached hydrogens (tertiary/aromatic N) is 2. The van der Waals surface area contributed by atoms with Crippen molar-refractivity contribution in [2.45, 2.75) is 0 Å². The summed E-state index contributed by atoms with van der Waals surface area (Å²) >= 11 is 0. The van der Waals surface area contributed by atoms with Gasteiger partial charge in [0.25, 0.3) is 0 Å². The Hall–Kier alpha value is -6.25. The molecule has 2 heterocycles. The van der Waals surface area contributed by atoms with Crippen molar-refractivity contribution < 1.29 is 0 Å². The van der Waals surface area contributed by atoms with Crippen LogP contribution in [0.1, 0.15) is 0 Å². The number of fused-ring (bicyclic) bond motifs is 7. The zero-order valence-electron chi connectivity index (χ0n) is 25.6. The molecular weight excluding hydrogens is 569 g/mol. The van der Waals surface area contributed by atoms with Crippen LogP contribution in [0.25, 0.3) is 92.9 Å². The Morgan fingerprint density at radius 2 is 0.894 bits per heavy atom. The van der Waals surface area contributed by atoms with E-state index in [9.17, 15) is 0 Å². The molecule has 0 aliphatic rings. The van der Waals surface area contributed by atoms with Crippen LogP contribution in [-0.2, 0) is 0 Å². The summed E-state index contributed by atoms with van der Waals surface area (Å²) < 4.78 is 2.02. The van der Waals surface area contributed by atoms with E-state index in [1.165, 1.54) is 76.5 Å². The molecule has 0 aliphatic carbocycles. The van der Waals surface area contributed by atoms with E-state index in [1.54, 1.807) is 0 Å². The van der Waals surface area contributed by atoms with Gasteiger partial charge < -0.3 is 0 Å². The standard InChI is InChI=1S/C45H28N2/c1-3-12-31-26-34(21-19-29(31)10-1)43-37-14-5-6-15-38(37)44(35-22-20-30-11-2-4-13-32(30)27-35)41-28-33(23-24-39(41)43)36-17-9-25-47-45(36)40-16-7-8-18-42(40)46-47/h1-28H. The Labute approximate surface area is 271 Å². The lowest BCUT2D eigenvalue weighted by Gasteiger charge is -2.19. The van der Waals surface area contributed by atoms with Crippen molar-refractivity contribution in [1.29, 1.82) is 0 Å². The summed E-state index contributed by atoms with van der Waals surface area (Å²) in [5.74, 6) is 0. The second-order valence-electron chi connectivity index (χ2n) is 12.4. The SMILES string of the molecule is c1ccc2cc(-c3c4ccccc4c(-c4ccc5ccccc5c4)c4cc(-c5cccn6nc7ccccc7c56)ccc34)ccc2c1. The molecular formula is C45H28N2. The summed E-state index contributed by atoms with van der Waals surface area (Å²) in [6.45, 7) is 0. The predicted octanol–water partition coefficient (Wildman–Crippen LogP) is 12.1. The van der Waals surface area contributed by atoms with Crippen LogP contribution in [0, 0.1) is 0 Å². The van der Waals surface area contributed by atoms with Crippen LogP contribution in [0.15, 0.2) is 170 Å². The molecule has 0 spiro atoms. The summed E-state index contributed by atoms with van der Waals surface area (Å²) in [6, 6.07) is 59.8. The minimum atomic E-state index is 1.00. The molecule has 0 amide bonds. The third-order valence-electron chi connectivity index (χ3n) is 9.76. The molecule has 10 aromatic rings. The van der Waals surface area contributed by atoms with Crippen LogP contribution in [0.4, 0.5) is 0 Å². The highest BCUT2D eigenvalue weighted by molar-refractivity contribution is 6.23. The number of hydrogen-bond acceptors (Lipinski definition) is 1. The van der Waals surface area contributed by atoms with E-state index in [0.717, 1.165) is 16.4 Å². The van der Waals surface area contributed by atoms with E-state index >= 15 is 0 Å². The van der Waals surface area contributed by atoms with E-state index in [-0.39, 0.29) is 0 Å².